The molecule has 2 aromatic rings. The Kier molecular flexibility index (Phi) is 4.97. The number of hydrogen-bond acceptors (Lipinski definition) is 5. The van der Waals surface area contributed by atoms with Crippen LogP contribution in [0.25, 0.3) is 11.0 Å². The van der Waals surface area contributed by atoms with Gasteiger partial charge < -0.3 is 14.4 Å². The predicted octanol–water partition coefficient (Wildman–Crippen LogP) is 0.992. The molecule has 0 saturated carbocycles. The third-order valence-electron chi connectivity index (χ3n) is 4.56. The molecular formula is C18H22N2O4. The Bertz CT molecular complexity index is 791. The lowest BCUT2D eigenvalue weighted by Crippen LogP contribution is -2.49. The van der Waals surface area contributed by atoms with Crippen LogP contribution in [0, 0.1) is 0 Å². The van der Waals surface area contributed by atoms with Gasteiger partial charge in [0.15, 0.2) is 0 Å². The molecule has 3 rings (SSSR count). The van der Waals surface area contributed by atoms with E-state index in [1.807, 2.05) is 12.1 Å². The average molecular weight is 330 g/mol. The van der Waals surface area contributed by atoms with Gasteiger partial charge in [0.25, 0.3) is 0 Å². The number of fused-ring (bicyclic) bond motifs is 1. The van der Waals surface area contributed by atoms with Crippen LogP contribution in [0.2, 0.25) is 0 Å². The summed E-state index contributed by atoms with van der Waals surface area (Å²) in [6.45, 7) is 4.91. The van der Waals surface area contributed by atoms with E-state index in [0.29, 0.717) is 25.2 Å². The van der Waals surface area contributed by atoms with Gasteiger partial charge in [0.2, 0.25) is 5.91 Å². The lowest BCUT2D eigenvalue weighted by molar-refractivity contribution is -0.135. The largest absolute Gasteiger partial charge is 0.423 e. The highest BCUT2D eigenvalue weighted by Gasteiger charge is 2.21. The van der Waals surface area contributed by atoms with Crippen LogP contribution < -0.4 is 5.63 Å². The monoisotopic (exact) mass is 330 g/mol. The summed E-state index contributed by atoms with van der Waals surface area (Å²) in [6.07, 6.45) is 0.894. The highest BCUT2D eigenvalue weighted by molar-refractivity contribution is 5.81. The molecule has 0 atom stereocenters. The molecule has 6 nitrogen and oxygen atoms in total. The van der Waals surface area contributed by atoms with E-state index in [1.54, 1.807) is 11.0 Å². The van der Waals surface area contributed by atoms with E-state index < -0.39 is 6.61 Å². The minimum Gasteiger partial charge on any atom is -0.423 e. The Morgan fingerprint density at radius 3 is 2.62 bits per heavy atom. The van der Waals surface area contributed by atoms with Gasteiger partial charge >= 0.3 is 5.63 Å². The van der Waals surface area contributed by atoms with E-state index in [2.05, 4.69) is 17.9 Å². The predicted molar refractivity (Wildman–Crippen MR) is 90.8 cm³/mol. The molecule has 1 aliphatic rings. The van der Waals surface area contributed by atoms with E-state index in [0.717, 1.165) is 36.0 Å². The minimum atomic E-state index is -0.440. The summed E-state index contributed by atoms with van der Waals surface area (Å²) in [5.41, 5.74) is 2.38. The number of aryl methyl sites for hydroxylation is 1. The van der Waals surface area contributed by atoms with Crippen molar-refractivity contribution in [3.8, 4) is 0 Å². The first-order valence-electron chi connectivity index (χ1n) is 8.27. The number of carbonyl (C=O) groups excluding carboxylic acids is 1. The molecule has 24 heavy (non-hydrogen) atoms. The Morgan fingerprint density at radius 2 is 1.96 bits per heavy atom. The fraction of sp³-hybridized carbons (Fsp3) is 0.444. The van der Waals surface area contributed by atoms with Crippen molar-refractivity contribution in [1.82, 2.24) is 9.80 Å². The summed E-state index contributed by atoms with van der Waals surface area (Å²) in [5.74, 6) is -0.229. The summed E-state index contributed by atoms with van der Waals surface area (Å²) in [7, 11) is 0. The first-order valence-corrected chi connectivity index (χ1v) is 8.27. The van der Waals surface area contributed by atoms with Gasteiger partial charge in [0.05, 0.1) is 0 Å². The van der Waals surface area contributed by atoms with Gasteiger partial charge in [-0.25, -0.2) is 4.79 Å². The number of hydrogen-bond donors (Lipinski definition) is 1. The summed E-state index contributed by atoms with van der Waals surface area (Å²) >= 11 is 0. The van der Waals surface area contributed by atoms with Crippen LogP contribution in [-0.2, 0) is 17.8 Å². The van der Waals surface area contributed by atoms with Crippen LogP contribution in [0.1, 0.15) is 18.1 Å². The molecule has 1 aromatic carbocycles. The summed E-state index contributed by atoms with van der Waals surface area (Å²) in [6, 6.07) is 7.55. The van der Waals surface area contributed by atoms with Crippen molar-refractivity contribution < 1.29 is 14.3 Å². The van der Waals surface area contributed by atoms with Gasteiger partial charge in [-0.05, 0) is 23.6 Å². The van der Waals surface area contributed by atoms with Crippen molar-refractivity contribution in [2.24, 2.45) is 0 Å². The second-order valence-corrected chi connectivity index (χ2v) is 6.09. The van der Waals surface area contributed by atoms with Crippen LogP contribution in [0.15, 0.2) is 33.5 Å². The maximum absolute atomic E-state index is 11.9. The highest BCUT2D eigenvalue weighted by Crippen LogP contribution is 2.21. The van der Waals surface area contributed by atoms with Crippen molar-refractivity contribution in [1.29, 1.82) is 0 Å². The van der Waals surface area contributed by atoms with Crippen LogP contribution in [0.4, 0.5) is 0 Å². The Hall–Kier alpha value is -2.18. The maximum atomic E-state index is 11.9. The summed E-state index contributed by atoms with van der Waals surface area (Å²) in [4.78, 5) is 27.3. The van der Waals surface area contributed by atoms with Crippen molar-refractivity contribution in [2.45, 2.75) is 19.9 Å². The van der Waals surface area contributed by atoms with Gasteiger partial charge in [0, 0.05) is 44.2 Å². The molecule has 0 unspecified atom stereocenters. The molecule has 6 heteroatoms. The quantitative estimate of drug-likeness (QED) is 0.847. The second-order valence-electron chi connectivity index (χ2n) is 6.09. The third-order valence-corrected chi connectivity index (χ3v) is 4.56. The SMILES string of the molecule is CCc1ccc2c(CN3CCN(C(=O)CO)CC3)cc(=O)oc2c1. The number of aliphatic hydroxyl groups is 1. The van der Waals surface area contributed by atoms with Crippen molar-refractivity contribution in [2.75, 3.05) is 32.8 Å². The van der Waals surface area contributed by atoms with Gasteiger partial charge in [0.1, 0.15) is 12.2 Å². The van der Waals surface area contributed by atoms with E-state index in [1.165, 1.54) is 0 Å². The zero-order chi connectivity index (χ0) is 17.1. The lowest BCUT2D eigenvalue weighted by atomic mass is 10.1. The Balaban J connectivity index is 1.78. The van der Waals surface area contributed by atoms with Gasteiger partial charge in [-0.1, -0.05) is 19.1 Å². The van der Waals surface area contributed by atoms with Gasteiger partial charge in [-0.3, -0.25) is 9.69 Å². The fourth-order valence-corrected chi connectivity index (χ4v) is 3.12. The molecule has 1 amide bonds. The number of amides is 1. The summed E-state index contributed by atoms with van der Waals surface area (Å²) < 4.78 is 5.34. The van der Waals surface area contributed by atoms with Crippen LogP contribution in [0.5, 0.6) is 0 Å². The van der Waals surface area contributed by atoms with Crippen molar-refractivity contribution >= 4 is 16.9 Å². The number of piperazine rings is 1. The molecule has 128 valence electrons. The summed E-state index contributed by atoms with van der Waals surface area (Å²) in [5, 5.41) is 9.89. The molecule has 1 aliphatic heterocycles. The zero-order valence-electron chi connectivity index (χ0n) is 13.8. The van der Waals surface area contributed by atoms with E-state index in [9.17, 15) is 9.59 Å². The smallest absolute Gasteiger partial charge is 0.336 e. The molecule has 0 aliphatic carbocycles. The number of aliphatic hydroxyl groups excluding tert-OH is 1. The van der Waals surface area contributed by atoms with E-state index in [-0.39, 0.29) is 11.5 Å². The van der Waals surface area contributed by atoms with Crippen LogP contribution in [-0.4, -0.2) is 53.6 Å². The Morgan fingerprint density at radius 1 is 1.21 bits per heavy atom. The standard InChI is InChI=1S/C18H22N2O4/c1-2-13-3-4-15-14(10-18(23)24-16(15)9-13)11-19-5-7-20(8-6-19)17(22)12-21/h3-4,9-10,21H,2,5-8,11-12H2,1H3. The van der Waals surface area contributed by atoms with Crippen molar-refractivity contribution in [3.05, 3.63) is 45.8 Å². The molecule has 1 aromatic heterocycles. The first kappa shape index (κ1) is 16.7. The maximum Gasteiger partial charge on any atom is 0.336 e. The van der Waals surface area contributed by atoms with Crippen LogP contribution >= 0.6 is 0 Å². The van der Waals surface area contributed by atoms with Crippen molar-refractivity contribution in [3.63, 3.8) is 0 Å². The Labute approximate surface area is 140 Å². The number of nitrogens with zero attached hydrogens (tertiary/aromatic N) is 2. The lowest BCUT2D eigenvalue weighted by Gasteiger charge is -2.34. The molecule has 0 radical (unpaired) electrons. The second kappa shape index (κ2) is 7.15. The molecule has 1 saturated heterocycles. The highest BCUT2D eigenvalue weighted by atomic mass is 16.4. The van der Waals surface area contributed by atoms with Gasteiger partial charge in [-0.2, -0.15) is 0 Å². The van der Waals surface area contributed by atoms with E-state index in [4.69, 9.17) is 9.52 Å². The average Bonchev–Trinajstić information content (AvgIpc) is 2.61. The van der Waals surface area contributed by atoms with Crippen LogP contribution in [0.3, 0.4) is 0 Å². The molecule has 0 bridgehead atoms. The number of benzene rings is 1. The zero-order valence-corrected chi connectivity index (χ0v) is 13.8. The molecular weight excluding hydrogens is 308 g/mol. The van der Waals surface area contributed by atoms with E-state index >= 15 is 0 Å². The first-order chi connectivity index (χ1) is 11.6. The normalized spacial score (nSPS) is 15.8. The topological polar surface area (TPSA) is 74.0 Å². The van der Waals surface area contributed by atoms with Gasteiger partial charge in [-0.15, -0.1) is 0 Å². The minimum absolute atomic E-state index is 0.229. The molecule has 2 heterocycles. The molecule has 0 spiro atoms. The molecule has 1 N–H and O–H groups in total. The molecule has 1 fully saturated rings. The number of rotatable bonds is 4. The fourth-order valence-electron chi connectivity index (χ4n) is 3.12. The third kappa shape index (κ3) is 3.49. The number of carbonyl (C=O) groups is 1.